The Kier molecular flexibility index (Phi) is 8.00. The number of carboxylic acid groups (broad SMARTS) is 2. The van der Waals surface area contributed by atoms with Crippen molar-refractivity contribution < 1.29 is 29.3 Å². The summed E-state index contributed by atoms with van der Waals surface area (Å²) in [6.07, 6.45) is 11.3. The van der Waals surface area contributed by atoms with Gasteiger partial charge in [-0.3, -0.25) is 14.4 Å². The molecule has 0 aromatic carbocycles. The Hall–Kier alpha value is -1.85. The van der Waals surface area contributed by atoms with Gasteiger partial charge in [0, 0.05) is 18.3 Å². The molecule has 0 aromatic heterocycles. The number of rotatable bonds is 8. The van der Waals surface area contributed by atoms with E-state index in [-0.39, 0.29) is 52.5 Å². The molecule has 3 unspecified atom stereocenters. The van der Waals surface area contributed by atoms with E-state index in [1.165, 1.54) is 5.57 Å². The molecule has 5 aliphatic rings. The van der Waals surface area contributed by atoms with Crippen LogP contribution < -0.4 is 0 Å². The van der Waals surface area contributed by atoms with E-state index in [1.807, 2.05) is 0 Å². The molecule has 0 bridgehead atoms. The van der Waals surface area contributed by atoms with Gasteiger partial charge in [0.2, 0.25) is 0 Å². The molecule has 5 aliphatic carbocycles. The number of ether oxygens (including phenoxy) is 1. The Labute approximate surface area is 253 Å². The van der Waals surface area contributed by atoms with Crippen LogP contribution in [0.4, 0.5) is 0 Å². The summed E-state index contributed by atoms with van der Waals surface area (Å²) in [6.45, 7) is 18.7. The van der Waals surface area contributed by atoms with Gasteiger partial charge in [0.1, 0.15) is 6.10 Å². The second kappa shape index (κ2) is 10.6. The van der Waals surface area contributed by atoms with E-state index >= 15 is 0 Å². The van der Waals surface area contributed by atoms with Gasteiger partial charge in [0.25, 0.3) is 0 Å². The Bertz CT molecular complexity index is 1130. The lowest BCUT2D eigenvalue weighted by Crippen LogP contribution is -2.67. The minimum Gasteiger partial charge on any atom is -0.481 e. The normalized spacial score (nSPS) is 45.5. The van der Waals surface area contributed by atoms with Crippen molar-refractivity contribution in [3.05, 3.63) is 12.2 Å². The van der Waals surface area contributed by atoms with Crippen LogP contribution in [0, 0.1) is 56.7 Å². The number of carboxylic acids is 2. The van der Waals surface area contributed by atoms with Crippen LogP contribution in [0.1, 0.15) is 131 Å². The summed E-state index contributed by atoms with van der Waals surface area (Å²) in [6, 6.07) is 0. The third-order valence-electron chi connectivity index (χ3n) is 14.7. The van der Waals surface area contributed by atoms with E-state index in [0.717, 1.165) is 64.2 Å². The minimum atomic E-state index is -0.823. The zero-order chi connectivity index (χ0) is 30.9. The van der Waals surface area contributed by atoms with Gasteiger partial charge in [-0.1, -0.05) is 46.8 Å². The van der Waals surface area contributed by atoms with Crippen LogP contribution in [0.2, 0.25) is 0 Å². The second-order valence-electron chi connectivity index (χ2n) is 16.6. The molecule has 236 valence electrons. The Balaban J connectivity index is 1.37. The van der Waals surface area contributed by atoms with E-state index < -0.39 is 17.4 Å². The minimum absolute atomic E-state index is 0.0917. The van der Waals surface area contributed by atoms with Crippen LogP contribution in [-0.2, 0) is 19.1 Å². The van der Waals surface area contributed by atoms with Crippen LogP contribution in [0.15, 0.2) is 12.2 Å². The summed E-state index contributed by atoms with van der Waals surface area (Å²) in [5, 5.41) is 19.5. The van der Waals surface area contributed by atoms with E-state index in [2.05, 4.69) is 48.1 Å². The van der Waals surface area contributed by atoms with Crippen LogP contribution in [-0.4, -0.2) is 34.2 Å². The van der Waals surface area contributed by atoms with Crippen molar-refractivity contribution in [1.82, 2.24) is 0 Å². The highest BCUT2D eigenvalue weighted by Gasteiger charge is 2.72. The van der Waals surface area contributed by atoms with Crippen LogP contribution >= 0.6 is 0 Å². The standard InChI is InChI=1S/C36H56O6/c1-22(2)23-14-19-36(31(40)41)21-20-34(6)24(30(23)36)12-13-26-33(5)17-16-27(42-29(39)11-9-8-10-28(37)38)32(3,4)25(33)15-18-35(26,34)7/h23-27,30H,1,8-21H2,2-7H3,(H,37,38)(H,40,41)/t23?,24?,25-,26+,27-,30?,33-,34+,35+,36-/m0/s1. The molecular formula is C36H56O6. The van der Waals surface area contributed by atoms with E-state index in [9.17, 15) is 19.5 Å². The molecule has 2 N–H and O–H groups in total. The smallest absolute Gasteiger partial charge is 0.309 e. The maximum absolute atomic E-state index is 12.9. The molecule has 10 atom stereocenters. The monoisotopic (exact) mass is 584 g/mol. The van der Waals surface area contributed by atoms with Gasteiger partial charge in [0.15, 0.2) is 0 Å². The molecule has 0 saturated heterocycles. The summed E-state index contributed by atoms with van der Waals surface area (Å²) in [7, 11) is 0. The zero-order valence-electron chi connectivity index (χ0n) is 27.1. The number of carbonyl (C=O) groups is 3. The van der Waals surface area contributed by atoms with Crippen molar-refractivity contribution in [2.45, 2.75) is 138 Å². The Morgan fingerprint density at radius 2 is 1.48 bits per heavy atom. The van der Waals surface area contributed by atoms with Crippen molar-refractivity contribution in [3.8, 4) is 0 Å². The maximum atomic E-state index is 12.9. The topological polar surface area (TPSA) is 101 Å². The molecule has 5 fully saturated rings. The van der Waals surface area contributed by atoms with Crippen molar-refractivity contribution in [2.24, 2.45) is 56.7 Å². The fraction of sp³-hybridized carbons (Fsp3) is 0.861. The van der Waals surface area contributed by atoms with Gasteiger partial charge in [-0.25, -0.2) is 0 Å². The molecule has 0 aliphatic heterocycles. The van der Waals surface area contributed by atoms with Gasteiger partial charge >= 0.3 is 17.9 Å². The average molecular weight is 585 g/mol. The van der Waals surface area contributed by atoms with Crippen molar-refractivity contribution in [1.29, 1.82) is 0 Å². The van der Waals surface area contributed by atoms with Gasteiger partial charge < -0.3 is 14.9 Å². The average Bonchev–Trinajstić information content (AvgIpc) is 3.30. The van der Waals surface area contributed by atoms with E-state index in [1.54, 1.807) is 0 Å². The molecule has 42 heavy (non-hydrogen) atoms. The molecule has 0 amide bonds. The number of unbranched alkanes of at least 4 members (excludes halogenated alkanes) is 1. The lowest BCUT2D eigenvalue weighted by atomic mass is 9.32. The molecule has 6 nitrogen and oxygen atoms in total. The molecule has 0 aromatic rings. The third-order valence-corrected chi connectivity index (χ3v) is 14.7. The molecule has 0 heterocycles. The SMILES string of the molecule is C=C(C)C1CC[C@]2(C(=O)O)CC[C@]3(C)C(CC[C@@H]4[C@@]5(C)CC[C@H](OC(=O)CCCCC(=O)O)C(C)(C)[C@@H]5CC[C@]43C)C12. The highest BCUT2D eigenvalue weighted by atomic mass is 16.5. The van der Waals surface area contributed by atoms with Gasteiger partial charge in [-0.05, 0) is 130 Å². The Morgan fingerprint density at radius 1 is 0.786 bits per heavy atom. The fourth-order valence-electron chi connectivity index (χ4n) is 12.5. The summed E-state index contributed by atoms with van der Waals surface area (Å²) in [5.41, 5.74) is 0.860. The highest BCUT2D eigenvalue weighted by molar-refractivity contribution is 5.76. The largest absolute Gasteiger partial charge is 0.481 e. The summed E-state index contributed by atoms with van der Waals surface area (Å²) < 4.78 is 6.14. The maximum Gasteiger partial charge on any atom is 0.309 e. The molecule has 6 heteroatoms. The van der Waals surface area contributed by atoms with E-state index in [0.29, 0.717) is 36.5 Å². The molecule has 5 saturated carbocycles. The number of hydrogen-bond acceptors (Lipinski definition) is 4. The van der Waals surface area contributed by atoms with Gasteiger partial charge in [0.05, 0.1) is 5.41 Å². The fourth-order valence-corrected chi connectivity index (χ4v) is 12.5. The number of esters is 1. The summed E-state index contributed by atoms with van der Waals surface area (Å²) in [4.78, 5) is 36.5. The quantitative estimate of drug-likeness (QED) is 0.169. The number of allylic oxidation sites excluding steroid dienone is 1. The number of hydrogen-bond donors (Lipinski definition) is 2. The molecule has 5 rings (SSSR count). The Morgan fingerprint density at radius 3 is 2.12 bits per heavy atom. The van der Waals surface area contributed by atoms with Gasteiger partial charge in [-0.2, -0.15) is 0 Å². The highest BCUT2D eigenvalue weighted by Crippen LogP contribution is 2.77. The van der Waals surface area contributed by atoms with E-state index in [4.69, 9.17) is 9.84 Å². The molecule has 0 spiro atoms. The third kappa shape index (κ3) is 4.50. The summed E-state index contributed by atoms with van der Waals surface area (Å²) in [5.74, 6) is 0.358. The number of carbonyl (C=O) groups excluding carboxylic acids is 1. The van der Waals surface area contributed by atoms with Crippen molar-refractivity contribution >= 4 is 17.9 Å². The zero-order valence-corrected chi connectivity index (χ0v) is 27.1. The lowest BCUT2D eigenvalue weighted by molar-refractivity contribution is -0.250. The first-order valence-electron chi connectivity index (χ1n) is 16.8. The van der Waals surface area contributed by atoms with Crippen LogP contribution in [0.3, 0.4) is 0 Å². The van der Waals surface area contributed by atoms with Crippen LogP contribution in [0.5, 0.6) is 0 Å². The molecular weight excluding hydrogens is 528 g/mol. The van der Waals surface area contributed by atoms with Crippen molar-refractivity contribution in [2.75, 3.05) is 0 Å². The van der Waals surface area contributed by atoms with Crippen molar-refractivity contribution in [3.63, 3.8) is 0 Å². The first-order valence-corrected chi connectivity index (χ1v) is 16.8. The predicted molar refractivity (Wildman–Crippen MR) is 163 cm³/mol. The number of fused-ring (bicyclic) bond motifs is 7. The van der Waals surface area contributed by atoms with Crippen LogP contribution in [0.25, 0.3) is 0 Å². The van der Waals surface area contributed by atoms with Gasteiger partial charge in [-0.15, -0.1) is 0 Å². The number of aliphatic carboxylic acids is 2. The second-order valence-corrected chi connectivity index (χ2v) is 16.6. The molecule has 0 radical (unpaired) electrons. The predicted octanol–water partition coefficient (Wildman–Crippen LogP) is 8.29. The summed E-state index contributed by atoms with van der Waals surface area (Å²) >= 11 is 0. The first kappa shape index (κ1) is 31.6. The first-order chi connectivity index (χ1) is 19.5. The lowest BCUT2D eigenvalue weighted by Gasteiger charge is -2.72.